The summed E-state index contributed by atoms with van der Waals surface area (Å²) in [7, 11) is 3.02. The first kappa shape index (κ1) is 23.1. The molecule has 0 bridgehead atoms. The SMILES string of the molecule is COc1cc(OC)cc(C(=O)Nc2ccc3c(c2)CN(Cc2ccccc2F)C(=O)[C@H](C)O3)c1. The molecule has 34 heavy (non-hydrogen) atoms. The van der Waals surface area contributed by atoms with Crippen molar-refractivity contribution in [1.82, 2.24) is 4.90 Å². The van der Waals surface area contributed by atoms with Crippen molar-refractivity contribution in [3.63, 3.8) is 0 Å². The van der Waals surface area contributed by atoms with Crippen LogP contribution in [0.5, 0.6) is 17.2 Å². The van der Waals surface area contributed by atoms with Gasteiger partial charge in [0.2, 0.25) is 0 Å². The monoisotopic (exact) mass is 464 g/mol. The number of nitrogens with one attached hydrogen (secondary N) is 1. The highest BCUT2D eigenvalue weighted by Crippen LogP contribution is 2.30. The minimum Gasteiger partial charge on any atom is -0.497 e. The third-order valence-corrected chi connectivity index (χ3v) is 5.58. The van der Waals surface area contributed by atoms with Crippen LogP contribution in [0.2, 0.25) is 0 Å². The molecule has 1 atom stereocenters. The van der Waals surface area contributed by atoms with E-state index in [2.05, 4.69) is 5.32 Å². The van der Waals surface area contributed by atoms with Gasteiger partial charge in [0.15, 0.2) is 6.10 Å². The van der Waals surface area contributed by atoms with E-state index in [4.69, 9.17) is 14.2 Å². The van der Waals surface area contributed by atoms with E-state index >= 15 is 0 Å². The second kappa shape index (κ2) is 9.82. The van der Waals surface area contributed by atoms with Gasteiger partial charge in [0.05, 0.1) is 14.2 Å². The molecule has 1 N–H and O–H groups in total. The molecule has 1 heterocycles. The molecule has 0 aliphatic carbocycles. The number of halogens is 1. The summed E-state index contributed by atoms with van der Waals surface area (Å²) < 4.78 is 30.5. The van der Waals surface area contributed by atoms with Crippen LogP contribution in [0, 0.1) is 5.82 Å². The topological polar surface area (TPSA) is 77.1 Å². The summed E-state index contributed by atoms with van der Waals surface area (Å²) in [6.07, 6.45) is -0.724. The molecule has 3 aromatic carbocycles. The normalized spacial score (nSPS) is 15.1. The predicted octanol–water partition coefficient (Wildman–Crippen LogP) is 4.40. The molecular weight excluding hydrogens is 439 g/mol. The van der Waals surface area contributed by atoms with E-state index in [1.807, 2.05) is 0 Å². The van der Waals surface area contributed by atoms with Crippen molar-refractivity contribution >= 4 is 17.5 Å². The number of carbonyl (C=O) groups excluding carboxylic acids is 2. The first-order valence-corrected chi connectivity index (χ1v) is 10.7. The van der Waals surface area contributed by atoms with Gasteiger partial charge in [0.1, 0.15) is 23.1 Å². The van der Waals surface area contributed by atoms with Gasteiger partial charge < -0.3 is 24.4 Å². The molecule has 0 saturated carbocycles. The largest absolute Gasteiger partial charge is 0.497 e. The number of hydrogen-bond acceptors (Lipinski definition) is 5. The molecule has 1 aliphatic rings. The number of nitrogens with zero attached hydrogens (tertiary/aromatic N) is 1. The number of methoxy groups -OCH3 is 2. The molecule has 0 saturated heterocycles. The molecule has 0 radical (unpaired) electrons. The van der Waals surface area contributed by atoms with Crippen molar-refractivity contribution in [2.75, 3.05) is 19.5 Å². The van der Waals surface area contributed by atoms with Crippen LogP contribution in [-0.2, 0) is 17.9 Å². The Morgan fingerprint density at radius 3 is 2.47 bits per heavy atom. The highest BCUT2D eigenvalue weighted by molar-refractivity contribution is 6.05. The molecule has 1 aliphatic heterocycles. The summed E-state index contributed by atoms with van der Waals surface area (Å²) in [5, 5.41) is 2.86. The number of benzene rings is 3. The van der Waals surface area contributed by atoms with Crippen molar-refractivity contribution in [3.05, 3.63) is 83.2 Å². The van der Waals surface area contributed by atoms with Crippen LogP contribution in [0.15, 0.2) is 60.7 Å². The van der Waals surface area contributed by atoms with Crippen LogP contribution in [0.3, 0.4) is 0 Å². The maximum atomic E-state index is 14.2. The first-order chi connectivity index (χ1) is 16.4. The molecule has 0 fully saturated rings. The maximum absolute atomic E-state index is 14.2. The Balaban J connectivity index is 1.58. The summed E-state index contributed by atoms with van der Waals surface area (Å²) in [5.74, 6) is 0.570. The molecule has 176 valence electrons. The average molecular weight is 464 g/mol. The fourth-order valence-electron chi connectivity index (χ4n) is 3.79. The smallest absolute Gasteiger partial charge is 0.263 e. The number of amides is 2. The summed E-state index contributed by atoms with van der Waals surface area (Å²) in [6.45, 7) is 1.99. The predicted molar refractivity (Wildman–Crippen MR) is 125 cm³/mol. The zero-order chi connectivity index (χ0) is 24.2. The van der Waals surface area contributed by atoms with E-state index in [1.54, 1.807) is 66.4 Å². The van der Waals surface area contributed by atoms with E-state index in [0.717, 1.165) is 0 Å². The van der Waals surface area contributed by atoms with Gasteiger partial charge in [-0.1, -0.05) is 18.2 Å². The van der Waals surface area contributed by atoms with E-state index in [-0.39, 0.29) is 30.7 Å². The van der Waals surface area contributed by atoms with E-state index < -0.39 is 6.10 Å². The van der Waals surface area contributed by atoms with Crippen molar-refractivity contribution in [1.29, 1.82) is 0 Å². The number of carbonyl (C=O) groups is 2. The number of rotatable bonds is 6. The molecule has 2 amide bonds. The van der Waals surface area contributed by atoms with Crippen LogP contribution >= 0.6 is 0 Å². The molecule has 0 unspecified atom stereocenters. The number of hydrogen-bond donors (Lipinski definition) is 1. The lowest BCUT2D eigenvalue weighted by Gasteiger charge is -2.22. The maximum Gasteiger partial charge on any atom is 0.263 e. The van der Waals surface area contributed by atoms with Crippen LogP contribution in [-0.4, -0.2) is 37.0 Å². The lowest BCUT2D eigenvalue weighted by molar-refractivity contribution is -0.138. The molecule has 0 spiro atoms. The number of ether oxygens (including phenoxy) is 3. The zero-order valence-corrected chi connectivity index (χ0v) is 19.1. The van der Waals surface area contributed by atoms with Crippen molar-refractivity contribution in [3.8, 4) is 17.2 Å². The van der Waals surface area contributed by atoms with Gasteiger partial charge in [-0.25, -0.2) is 4.39 Å². The Bertz CT molecular complexity index is 1210. The molecule has 3 aromatic rings. The second-order valence-corrected chi connectivity index (χ2v) is 7.92. The van der Waals surface area contributed by atoms with Crippen LogP contribution < -0.4 is 19.5 Å². The summed E-state index contributed by atoms with van der Waals surface area (Å²) in [5.41, 5.74) is 2.02. The quantitative estimate of drug-likeness (QED) is 0.585. The fraction of sp³-hybridized carbons (Fsp3) is 0.231. The minimum atomic E-state index is -0.724. The van der Waals surface area contributed by atoms with Gasteiger partial charge in [0.25, 0.3) is 11.8 Å². The fourth-order valence-corrected chi connectivity index (χ4v) is 3.79. The van der Waals surface area contributed by atoms with E-state index in [9.17, 15) is 14.0 Å². The lowest BCUT2D eigenvalue weighted by atomic mass is 10.1. The second-order valence-electron chi connectivity index (χ2n) is 7.92. The third-order valence-electron chi connectivity index (χ3n) is 5.58. The first-order valence-electron chi connectivity index (χ1n) is 10.7. The van der Waals surface area contributed by atoms with Gasteiger partial charge >= 0.3 is 0 Å². The highest BCUT2D eigenvalue weighted by Gasteiger charge is 2.28. The Morgan fingerprint density at radius 1 is 1.09 bits per heavy atom. The summed E-state index contributed by atoms with van der Waals surface area (Å²) >= 11 is 0. The van der Waals surface area contributed by atoms with Gasteiger partial charge in [-0.15, -0.1) is 0 Å². The van der Waals surface area contributed by atoms with Crippen LogP contribution in [0.25, 0.3) is 0 Å². The Labute approximate surface area is 197 Å². The molecule has 8 heteroatoms. The lowest BCUT2D eigenvalue weighted by Crippen LogP contribution is -2.37. The number of anilines is 1. The van der Waals surface area contributed by atoms with Gasteiger partial charge in [-0.05, 0) is 43.3 Å². The average Bonchev–Trinajstić information content (AvgIpc) is 2.96. The van der Waals surface area contributed by atoms with Crippen molar-refractivity contribution in [2.45, 2.75) is 26.1 Å². The Kier molecular flexibility index (Phi) is 6.67. The van der Waals surface area contributed by atoms with Gasteiger partial charge in [-0.2, -0.15) is 0 Å². The van der Waals surface area contributed by atoms with Crippen molar-refractivity contribution < 1.29 is 28.2 Å². The molecular formula is C26H25FN2O5. The Morgan fingerprint density at radius 2 is 1.79 bits per heavy atom. The zero-order valence-electron chi connectivity index (χ0n) is 19.1. The van der Waals surface area contributed by atoms with Gasteiger partial charge in [-0.3, -0.25) is 9.59 Å². The highest BCUT2D eigenvalue weighted by atomic mass is 19.1. The standard InChI is InChI=1S/C26H25FN2O5/c1-16-26(31)29(14-17-6-4-5-7-23(17)27)15-19-10-20(8-9-24(19)34-16)28-25(30)18-11-21(32-2)13-22(12-18)33-3/h4-13,16H,14-15H2,1-3H3,(H,28,30)/t16-/m0/s1. The van der Waals surface area contributed by atoms with Crippen LogP contribution in [0.1, 0.15) is 28.4 Å². The molecule has 0 aromatic heterocycles. The molecule has 7 nitrogen and oxygen atoms in total. The molecule has 4 rings (SSSR count). The summed E-state index contributed by atoms with van der Waals surface area (Å²) in [6, 6.07) is 16.4. The van der Waals surface area contributed by atoms with E-state index in [1.165, 1.54) is 20.3 Å². The van der Waals surface area contributed by atoms with E-state index in [0.29, 0.717) is 39.6 Å². The summed E-state index contributed by atoms with van der Waals surface area (Å²) in [4.78, 5) is 27.3. The van der Waals surface area contributed by atoms with Gasteiger partial charge in [0, 0.05) is 41.5 Å². The van der Waals surface area contributed by atoms with Crippen LogP contribution in [0.4, 0.5) is 10.1 Å². The minimum absolute atomic E-state index is 0.110. The third kappa shape index (κ3) is 4.96. The Hall–Kier alpha value is -4.07. The van der Waals surface area contributed by atoms with Crippen molar-refractivity contribution in [2.24, 2.45) is 0 Å². The number of fused-ring (bicyclic) bond motifs is 1.